The average molecular weight is 287 g/mol. The van der Waals surface area contributed by atoms with Gasteiger partial charge in [0.15, 0.2) is 5.78 Å². The molecule has 0 spiro atoms. The SMILES string of the molecule is CC1(O)CCCC(N)(c2ccccc2C(F)(F)F)C1=O. The zero-order valence-electron chi connectivity index (χ0n) is 11.0. The first-order valence-electron chi connectivity index (χ1n) is 6.32. The Kier molecular flexibility index (Phi) is 3.42. The Hall–Kier alpha value is -1.40. The number of hydrogen-bond donors (Lipinski definition) is 2. The van der Waals surface area contributed by atoms with Gasteiger partial charge in [0.05, 0.1) is 5.56 Å². The van der Waals surface area contributed by atoms with Crippen LogP contribution in [0.5, 0.6) is 0 Å². The van der Waals surface area contributed by atoms with Gasteiger partial charge in [-0.1, -0.05) is 18.2 Å². The second kappa shape index (κ2) is 4.56. The molecule has 0 heterocycles. The number of Topliss-reactive ketones (excluding diaryl/α,β-unsaturated/α-hetero) is 1. The van der Waals surface area contributed by atoms with Gasteiger partial charge in [-0.2, -0.15) is 13.2 Å². The molecule has 0 aromatic heterocycles. The van der Waals surface area contributed by atoms with Crippen molar-refractivity contribution < 1.29 is 23.1 Å². The molecule has 110 valence electrons. The number of ketones is 1. The molecule has 2 unspecified atom stereocenters. The second-order valence-electron chi connectivity index (χ2n) is 5.47. The quantitative estimate of drug-likeness (QED) is 0.833. The van der Waals surface area contributed by atoms with Crippen LogP contribution in [0.15, 0.2) is 24.3 Å². The van der Waals surface area contributed by atoms with Gasteiger partial charge >= 0.3 is 6.18 Å². The fraction of sp³-hybridized carbons (Fsp3) is 0.500. The summed E-state index contributed by atoms with van der Waals surface area (Å²) in [7, 11) is 0. The van der Waals surface area contributed by atoms with Crippen molar-refractivity contribution in [1.82, 2.24) is 0 Å². The summed E-state index contributed by atoms with van der Waals surface area (Å²) in [6.07, 6.45) is -3.90. The first kappa shape index (κ1) is 15.0. The fourth-order valence-electron chi connectivity index (χ4n) is 2.80. The van der Waals surface area contributed by atoms with Crippen LogP contribution >= 0.6 is 0 Å². The number of nitrogens with two attached hydrogens (primary N) is 1. The van der Waals surface area contributed by atoms with Crippen molar-refractivity contribution in [1.29, 1.82) is 0 Å². The van der Waals surface area contributed by atoms with Crippen LogP contribution in [0.4, 0.5) is 13.2 Å². The molecule has 20 heavy (non-hydrogen) atoms. The van der Waals surface area contributed by atoms with Crippen molar-refractivity contribution in [2.45, 2.75) is 43.5 Å². The second-order valence-corrected chi connectivity index (χ2v) is 5.47. The number of alkyl halides is 3. The van der Waals surface area contributed by atoms with Crippen LogP contribution in [-0.4, -0.2) is 16.5 Å². The molecule has 0 saturated heterocycles. The highest BCUT2D eigenvalue weighted by molar-refractivity contribution is 5.97. The molecule has 2 rings (SSSR count). The maximum atomic E-state index is 13.1. The third kappa shape index (κ3) is 2.33. The van der Waals surface area contributed by atoms with Crippen molar-refractivity contribution in [3.05, 3.63) is 35.4 Å². The molecule has 0 amide bonds. The van der Waals surface area contributed by atoms with Crippen LogP contribution < -0.4 is 5.73 Å². The number of aliphatic hydroxyl groups is 1. The van der Waals surface area contributed by atoms with Crippen LogP contribution in [0.2, 0.25) is 0 Å². The van der Waals surface area contributed by atoms with E-state index in [-0.39, 0.29) is 18.4 Å². The maximum absolute atomic E-state index is 13.1. The summed E-state index contributed by atoms with van der Waals surface area (Å²) in [4.78, 5) is 12.3. The van der Waals surface area contributed by atoms with Gasteiger partial charge in [0.2, 0.25) is 0 Å². The number of carbonyl (C=O) groups excluding carboxylic acids is 1. The zero-order valence-corrected chi connectivity index (χ0v) is 11.0. The molecule has 3 N–H and O–H groups in total. The normalized spacial score (nSPS) is 31.4. The molecule has 1 saturated carbocycles. The van der Waals surface area contributed by atoms with E-state index in [0.717, 1.165) is 6.07 Å². The molecule has 0 aliphatic heterocycles. The molecular formula is C14H16F3NO2. The minimum absolute atomic E-state index is 0.0923. The molecule has 1 aliphatic rings. The van der Waals surface area contributed by atoms with E-state index < -0.39 is 28.7 Å². The lowest BCUT2D eigenvalue weighted by atomic mass is 9.69. The molecule has 1 fully saturated rings. The van der Waals surface area contributed by atoms with Crippen LogP contribution in [0, 0.1) is 0 Å². The molecule has 0 radical (unpaired) electrons. The molecule has 2 atom stereocenters. The van der Waals surface area contributed by atoms with E-state index in [0.29, 0.717) is 6.42 Å². The number of rotatable bonds is 1. The summed E-state index contributed by atoms with van der Waals surface area (Å²) in [5.41, 5.74) is 1.31. The van der Waals surface area contributed by atoms with Gasteiger partial charge in [0.25, 0.3) is 0 Å². The van der Waals surface area contributed by atoms with Crippen LogP contribution in [0.25, 0.3) is 0 Å². The highest BCUT2D eigenvalue weighted by Gasteiger charge is 2.51. The standard InChI is InChI=1S/C14H16F3NO2/c1-12(20)7-4-8-13(18,11(12)19)9-5-2-3-6-10(9)14(15,16)17/h2-3,5-6,20H,4,7-8,18H2,1H3. The van der Waals surface area contributed by atoms with E-state index in [4.69, 9.17) is 5.73 Å². The number of hydrogen-bond acceptors (Lipinski definition) is 3. The van der Waals surface area contributed by atoms with Crippen molar-refractivity contribution >= 4 is 5.78 Å². The molecule has 1 aromatic rings. The van der Waals surface area contributed by atoms with Gasteiger partial charge in [0.1, 0.15) is 11.1 Å². The van der Waals surface area contributed by atoms with Gasteiger partial charge in [-0.05, 0) is 37.8 Å². The van der Waals surface area contributed by atoms with Gasteiger partial charge in [0, 0.05) is 0 Å². The molecule has 1 aliphatic carbocycles. The highest BCUT2D eigenvalue weighted by atomic mass is 19.4. The smallest absolute Gasteiger partial charge is 0.382 e. The lowest BCUT2D eigenvalue weighted by molar-refractivity contribution is -0.148. The topological polar surface area (TPSA) is 63.3 Å². The van der Waals surface area contributed by atoms with E-state index in [1.54, 1.807) is 0 Å². The van der Waals surface area contributed by atoms with Crippen molar-refractivity contribution in [3.63, 3.8) is 0 Å². The first-order valence-corrected chi connectivity index (χ1v) is 6.32. The predicted molar refractivity (Wildman–Crippen MR) is 66.8 cm³/mol. The number of halogens is 3. The minimum Gasteiger partial charge on any atom is -0.382 e. The Bertz CT molecular complexity index is 539. The van der Waals surface area contributed by atoms with Gasteiger partial charge in [-0.3, -0.25) is 4.79 Å². The van der Waals surface area contributed by atoms with Crippen molar-refractivity contribution in [2.75, 3.05) is 0 Å². The highest BCUT2D eigenvalue weighted by Crippen LogP contribution is 2.42. The first-order chi connectivity index (χ1) is 9.09. The lowest BCUT2D eigenvalue weighted by Crippen LogP contribution is -2.58. The van der Waals surface area contributed by atoms with E-state index in [1.165, 1.54) is 25.1 Å². The number of carbonyl (C=O) groups is 1. The zero-order chi connectivity index (χ0) is 15.2. The third-order valence-corrected chi connectivity index (χ3v) is 3.84. The average Bonchev–Trinajstić information content (AvgIpc) is 2.35. The summed E-state index contributed by atoms with van der Waals surface area (Å²) >= 11 is 0. The Morgan fingerprint density at radius 1 is 1.25 bits per heavy atom. The Morgan fingerprint density at radius 3 is 2.45 bits per heavy atom. The number of benzene rings is 1. The fourth-order valence-corrected chi connectivity index (χ4v) is 2.80. The summed E-state index contributed by atoms with van der Waals surface area (Å²) < 4.78 is 39.2. The Balaban J connectivity index is 2.58. The minimum atomic E-state index is -4.59. The summed E-state index contributed by atoms with van der Waals surface area (Å²) in [6.45, 7) is 1.30. The summed E-state index contributed by atoms with van der Waals surface area (Å²) in [5.74, 6) is -0.757. The van der Waals surface area contributed by atoms with E-state index in [2.05, 4.69) is 0 Å². The molecule has 0 bridgehead atoms. The van der Waals surface area contributed by atoms with E-state index in [1.807, 2.05) is 0 Å². The summed E-state index contributed by atoms with van der Waals surface area (Å²) in [6, 6.07) is 4.78. The molecule has 3 nitrogen and oxygen atoms in total. The van der Waals surface area contributed by atoms with Crippen LogP contribution in [0.3, 0.4) is 0 Å². The Morgan fingerprint density at radius 2 is 1.85 bits per heavy atom. The van der Waals surface area contributed by atoms with Gasteiger partial charge in [-0.15, -0.1) is 0 Å². The predicted octanol–water partition coefficient (Wildman–Crippen LogP) is 2.36. The largest absolute Gasteiger partial charge is 0.416 e. The lowest BCUT2D eigenvalue weighted by Gasteiger charge is -2.40. The van der Waals surface area contributed by atoms with Crippen LogP contribution in [0.1, 0.15) is 37.3 Å². The maximum Gasteiger partial charge on any atom is 0.416 e. The molecular weight excluding hydrogens is 271 g/mol. The van der Waals surface area contributed by atoms with Crippen molar-refractivity contribution in [3.8, 4) is 0 Å². The van der Waals surface area contributed by atoms with E-state index >= 15 is 0 Å². The van der Waals surface area contributed by atoms with Gasteiger partial charge in [-0.25, -0.2) is 0 Å². The Labute approximate surface area is 114 Å². The molecule has 6 heteroatoms. The van der Waals surface area contributed by atoms with E-state index in [9.17, 15) is 23.1 Å². The van der Waals surface area contributed by atoms with Crippen molar-refractivity contribution in [2.24, 2.45) is 5.73 Å². The van der Waals surface area contributed by atoms with Crippen LogP contribution in [-0.2, 0) is 16.5 Å². The monoisotopic (exact) mass is 287 g/mol. The van der Waals surface area contributed by atoms with Gasteiger partial charge < -0.3 is 10.8 Å². The third-order valence-electron chi connectivity index (χ3n) is 3.84. The summed E-state index contributed by atoms with van der Waals surface area (Å²) in [5, 5.41) is 10.0. The molecule has 1 aromatic carbocycles.